The van der Waals surface area contributed by atoms with Gasteiger partial charge in [-0.05, 0) is 36.4 Å². The number of hydrogen-bond donors (Lipinski definition) is 1. The molecular formula is C20H15F3N4O3S2. The van der Waals surface area contributed by atoms with Crippen LogP contribution in [0.25, 0.3) is 10.2 Å². The number of thiazole rings is 1. The minimum absolute atomic E-state index is 0.000303. The molecule has 7 nitrogen and oxygen atoms in total. The van der Waals surface area contributed by atoms with E-state index in [1.807, 2.05) is 24.3 Å². The zero-order valence-corrected chi connectivity index (χ0v) is 17.9. The average Bonchev–Trinajstić information content (AvgIpc) is 3.37. The molecule has 1 N–H and O–H groups in total. The zero-order valence-electron chi connectivity index (χ0n) is 16.3. The number of aromatic nitrogens is 3. The Labute approximate surface area is 188 Å². The van der Waals surface area contributed by atoms with Gasteiger partial charge in [0.25, 0.3) is 5.22 Å². The molecule has 1 amide bonds. The van der Waals surface area contributed by atoms with Crippen molar-refractivity contribution in [1.82, 2.24) is 15.2 Å². The van der Waals surface area contributed by atoms with Crippen molar-refractivity contribution >= 4 is 44.9 Å². The highest BCUT2D eigenvalue weighted by Gasteiger charge is 2.30. The largest absolute Gasteiger partial charge is 0.573 e. The summed E-state index contributed by atoms with van der Waals surface area (Å²) in [7, 11) is 0. The van der Waals surface area contributed by atoms with Crippen molar-refractivity contribution in [3.63, 3.8) is 0 Å². The van der Waals surface area contributed by atoms with E-state index in [1.165, 1.54) is 12.1 Å². The number of carbonyl (C=O) groups excluding carboxylic acids is 1. The molecule has 0 saturated carbocycles. The van der Waals surface area contributed by atoms with E-state index in [-0.39, 0.29) is 22.6 Å². The van der Waals surface area contributed by atoms with Gasteiger partial charge in [0.15, 0.2) is 0 Å². The van der Waals surface area contributed by atoms with Crippen LogP contribution in [-0.2, 0) is 17.6 Å². The monoisotopic (exact) mass is 480 g/mol. The molecule has 2 aromatic heterocycles. The van der Waals surface area contributed by atoms with Crippen LogP contribution in [0.15, 0.2) is 58.2 Å². The molecule has 0 radical (unpaired) electrons. The highest BCUT2D eigenvalue weighted by atomic mass is 32.2. The van der Waals surface area contributed by atoms with Gasteiger partial charge in [0.2, 0.25) is 11.8 Å². The van der Waals surface area contributed by atoms with E-state index in [9.17, 15) is 18.0 Å². The Morgan fingerprint density at radius 1 is 1.09 bits per heavy atom. The molecule has 12 heteroatoms. The molecule has 166 valence electrons. The van der Waals surface area contributed by atoms with Gasteiger partial charge < -0.3 is 14.5 Å². The van der Waals surface area contributed by atoms with Gasteiger partial charge in [-0.15, -0.1) is 34.7 Å². The van der Waals surface area contributed by atoms with Gasteiger partial charge in [-0.3, -0.25) is 4.79 Å². The van der Waals surface area contributed by atoms with Crippen LogP contribution in [0.2, 0.25) is 0 Å². The molecule has 4 aromatic rings. The quantitative estimate of drug-likeness (QED) is 0.351. The van der Waals surface area contributed by atoms with Crippen molar-refractivity contribution < 1.29 is 27.1 Å². The maximum absolute atomic E-state index is 12.2. The van der Waals surface area contributed by atoms with Crippen LogP contribution in [0.4, 0.5) is 18.9 Å². The minimum atomic E-state index is -4.77. The highest BCUT2D eigenvalue weighted by Crippen LogP contribution is 2.25. The van der Waals surface area contributed by atoms with E-state index >= 15 is 0 Å². The normalized spacial score (nSPS) is 11.6. The predicted octanol–water partition coefficient (Wildman–Crippen LogP) is 5.09. The number of hydrogen-bond acceptors (Lipinski definition) is 8. The number of nitrogens with zero attached hydrogens (tertiary/aromatic N) is 3. The van der Waals surface area contributed by atoms with Crippen molar-refractivity contribution in [3.05, 3.63) is 59.4 Å². The maximum atomic E-state index is 12.2. The fraction of sp³-hybridized carbons (Fsp3) is 0.200. The summed E-state index contributed by atoms with van der Waals surface area (Å²) >= 11 is 2.69. The number of anilines is 1. The van der Waals surface area contributed by atoms with E-state index in [1.54, 1.807) is 11.3 Å². The molecule has 2 aromatic carbocycles. The Morgan fingerprint density at radius 2 is 1.88 bits per heavy atom. The molecule has 0 saturated heterocycles. The van der Waals surface area contributed by atoms with Crippen LogP contribution in [0, 0.1) is 0 Å². The first-order chi connectivity index (χ1) is 15.3. The van der Waals surface area contributed by atoms with E-state index in [4.69, 9.17) is 4.42 Å². The van der Waals surface area contributed by atoms with Gasteiger partial charge in [0, 0.05) is 18.5 Å². The maximum Gasteiger partial charge on any atom is 0.573 e. The number of benzene rings is 2. The molecule has 32 heavy (non-hydrogen) atoms. The lowest BCUT2D eigenvalue weighted by molar-refractivity contribution is -0.274. The Balaban J connectivity index is 1.23. The number of aryl methyl sites for hydroxylation is 2. The van der Waals surface area contributed by atoms with Crippen molar-refractivity contribution in [2.75, 3.05) is 11.1 Å². The van der Waals surface area contributed by atoms with Gasteiger partial charge in [-0.1, -0.05) is 23.9 Å². The molecule has 0 atom stereocenters. The SMILES string of the molecule is O=C(CSc1nnc(CCc2nc3ccccc3s2)o1)Nc1ccc(OC(F)(F)F)cc1. The van der Waals surface area contributed by atoms with Crippen molar-refractivity contribution in [1.29, 1.82) is 0 Å². The zero-order chi connectivity index (χ0) is 22.6. The second-order valence-electron chi connectivity index (χ2n) is 6.45. The second kappa shape index (κ2) is 9.57. The number of fused-ring (bicyclic) bond motifs is 1. The van der Waals surface area contributed by atoms with Crippen LogP contribution in [0.1, 0.15) is 10.9 Å². The summed E-state index contributed by atoms with van der Waals surface area (Å²) in [5.74, 6) is -0.282. The Kier molecular flexibility index (Phi) is 6.61. The van der Waals surface area contributed by atoms with Crippen molar-refractivity contribution in [2.24, 2.45) is 0 Å². The fourth-order valence-corrected chi connectivity index (χ4v) is 4.25. The third-order valence-corrected chi connectivity index (χ3v) is 5.95. The minimum Gasteiger partial charge on any atom is -0.416 e. The summed E-state index contributed by atoms with van der Waals surface area (Å²) < 4.78 is 47.0. The third kappa shape index (κ3) is 6.20. The number of alkyl halides is 3. The van der Waals surface area contributed by atoms with Gasteiger partial charge in [0.1, 0.15) is 5.75 Å². The Hall–Kier alpha value is -3.12. The molecule has 0 aliphatic rings. The number of ether oxygens (including phenoxy) is 1. The predicted molar refractivity (Wildman–Crippen MR) is 114 cm³/mol. The molecular weight excluding hydrogens is 465 g/mol. The summed E-state index contributed by atoms with van der Waals surface area (Å²) in [6.07, 6.45) is -3.56. The molecule has 2 heterocycles. The Bertz CT molecular complexity index is 1180. The topological polar surface area (TPSA) is 90.1 Å². The number of rotatable bonds is 8. The van der Waals surface area contributed by atoms with Crippen LogP contribution in [-0.4, -0.2) is 33.2 Å². The second-order valence-corrected chi connectivity index (χ2v) is 8.49. The summed E-state index contributed by atoms with van der Waals surface area (Å²) in [5.41, 5.74) is 1.30. The summed E-state index contributed by atoms with van der Waals surface area (Å²) in [6, 6.07) is 12.8. The Morgan fingerprint density at radius 3 is 2.62 bits per heavy atom. The molecule has 0 unspecified atom stereocenters. The van der Waals surface area contributed by atoms with Crippen LogP contribution >= 0.6 is 23.1 Å². The van der Waals surface area contributed by atoms with Gasteiger partial charge in [-0.2, -0.15) is 0 Å². The lowest BCUT2D eigenvalue weighted by atomic mass is 10.3. The first-order valence-electron chi connectivity index (χ1n) is 9.29. The molecule has 0 spiro atoms. The van der Waals surface area contributed by atoms with Gasteiger partial charge >= 0.3 is 6.36 Å². The lowest BCUT2D eigenvalue weighted by Crippen LogP contribution is -2.17. The van der Waals surface area contributed by atoms with Crippen LogP contribution in [0.3, 0.4) is 0 Å². The van der Waals surface area contributed by atoms with E-state index in [0.29, 0.717) is 24.4 Å². The number of nitrogens with one attached hydrogen (secondary N) is 1. The van der Waals surface area contributed by atoms with Crippen LogP contribution in [0.5, 0.6) is 5.75 Å². The van der Waals surface area contributed by atoms with E-state index in [0.717, 1.165) is 39.1 Å². The summed E-state index contributed by atoms with van der Waals surface area (Å²) in [4.78, 5) is 16.6. The number of thioether (sulfide) groups is 1. The molecule has 0 aliphatic carbocycles. The van der Waals surface area contributed by atoms with Crippen LogP contribution < -0.4 is 10.1 Å². The molecule has 0 bridgehead atoms. The first-order valence-corrected chi connectivity index (χ1v) is 11.1. The van der Waals surface area contributed by atoms with E-state index < -0.39 is 6.36 Å². The van der Waals surface area contributed by atoms with Gasteiger partial charge in [0.05, 0.1) is 21.0 Å². The number of para-hydroxylation sites is 1. The average molecular weight is 480 g/mol. The fourth-order valence-electron chi connectivity index (χ4n) is 2.70. The molecule has 4 rings (SSSR count). The van der Waals surface area contributed by atoms with E-state index in [2.05, 4.69) is 25.2 Å². The molecule has 0 aliphatic heterocycles. The summed E-state index contributed by atoms with van der Waals surface area (Å²) in [6.45, 7) is 0. The lowest BCUT2D eigenvalue weighted by Gasteiger charge is -2.09. The molecule has 0 fully saturated rings. The van der Waals surface area contributed by atoms with Crippen molar-refractivity contribution in [3.8, 4) is 5.75 Å². The smallest absolute Gasteiger partial charge is 0.416 e. The third-order valence-electron chi connectivity index (χ3n) is 4.04. The number of carbonyl (C=O) groups is 1. The van der Waals surface area contributed by atoms with Crippen molar-refractivity contribution in [2.45, 2.75) is 24.4 Å². The number of halogens is 3. The first kappa shape index (κ1) is 22.1. The summed E-state index contributed by atoms with van der Waals surface area (Å²) in [5, 5.41) is 11.7. The highest BCUT2D eigenvalue weighted by molar-refractivity contribution is 7.99. The van der Waals surface area contributed by atoms with Gasteiger partial charge in [-0.25, -0.2) is 4.98 Å². The standard InChI is InChI=1S/C20H15F3N4O3S2/c21-20(22,23)30-13-7-5-12(6-8-13)24-16(28)11-31-19-27-26-17(29-19)9-10-18-25-14-3-1-2-4-15(14)32-18/h1-8H,9-11H2,(H,24,28). The number of amides is 1.